The number of hydrogen-bond acceptors (Lipinski definition) is 2. The predicted molar refractivity (Wildman–Crippen MR) is 71.3 cm³/mol. The Morgan fingerprint density at radius 3 is 2.44 bits per heavy atom. The molecule has 0 spiro atoms. The first kappa shape index (κ1) is 11.5. The number of nitrogens with one attached hydrogen (secondary N) is 1. The number of aliphatic hydroxyl groups is 1. The molecule has 1 aliphatic carbocycles. The first-order valence-electron chi connectivity index (χ1n) is 6.37. The van der Waals surface area contributed by atoms with E-state index in [9.17, 15) is 5.11 Å². The maximum Gasteiger partial charge on any atom is 0.119 e. The van der Waals surface area contributed by atoms with Crippen LogP contribution in [-0.2, 0) is 5.41 Å². The molecule has 0 aliphatic heterocycles. The zero-order chi connectivity index (χ0) is 12.6. The van der Waals surface area contributed by atoms with E-state index in [4.69, 9.17) is 5.73 Å². The standard InChI is InChI=1S/C15H18N2O/c16-10-15(7-8-15)12-5-3-11(4-6-12)14(18)13-2-1-9-17-13/h1-6,9,14,17-18H,7-8,10,16H2. The van der Waals surface area contributed by atoms with Crippen molar-refractivity contribution >= 4 is 0 Å². The SMILES string of the molecule is NCC1(c2ccc(C(O)c3ccc[nH]3)cc2)CC1. The summed E-state index contributed by atoms with van der Waals surface area (Å²) in [7, 11) is 0. The minimum atomic E-state index is -0.581. The van der Waals surface area contributed by atoms with E-state index >= 15 is 0 Å². The topological polar surface area (TPSA) is 62.0 Å². The Balaban J connectivity index is 1.83. The van der Waals surface area contributed by atoms with Crippen LogP contribution < -0.4 is 5.73 Å². The van der Waals surface area contributed by atoms with Crippen LogP contribution in [0.15, 0.2) is 42.6 Å². The van der Waals surface area contributed by atoms with Crippen LogP contribution in [0.4, 0.5) is 0 Å². The summed E-state index contributed by atoms with van der Waals surface area (Å²) in [5.41, 5.74) is 9.07. The molecule has 3 nitrogen and oxygen atoms in total. The zero-order valence-electron chi connectivity index (χ0n) is 10.3. The van der Waals surface area contributed by atoms with Gasteiger partial charge in [0.2, 0.25) is 0 Å². The Morgan fingerprint density at radius 1 is 1.22 bits per heavy atom. The molecule has 0 amide bonds. The molecule has 1 saturated carbocycles. The fourth-order valence-corrected chi connectivity index (χ4v) is 2.47. The molecular weight excluding hydrogens is 224 g/mol. The van der Waals surface area contributed by atoms with Gasteiger partial charge < -0.3 is 15.8 Å². The second-order valence-electron chi connectivity index (χ2n) is 5.13. The predicted octanol–water partition coefficient (Wildman–Crippen LogP) is 2.09. The van der Waals surface area contributed by atoms with Gasteiger partial charge in [0.25, 0.3) is 0 Å². The largest absolute Gasteiger partial charge is 0.382 e. The molecule has 0 saturated heterocycles. The number of H-pyrrole nitrogens is 1. The molecule has 1 aromatic heterocycles. The highest BCUT2D eigenvalue weighted by Gasteiger charge is 2.42. The highest BCUT2D eigenvalue weighted by Crippen LogP contribution is 2.47. The van der Waals surface area contributed by atoms with Gasteiger partial charge in [-0.15, -0.1) is 0 Å². The Kier molecular flexibility index (Phi) is 2.73. The summed E-state index contributed by atoms with van der Waals surface area (Å²) in [6, 6.07) is 12.0. The quantitative estimate of drug-likeness (QED) is 0.768. The van der Waals surface area contributed by atoms with Crippen molar-refractivity contribution in [1.82, 2.24) is 4.98 Å². The molecule has 1 aromatic carbocycles. The number of hydrogen-bond donors (Lipinski definition) is 3. The van der Waals surface area contributed by atoms with Crippen LogP contribution in [0.5, 0.6) is 0 Å². The maximum absolute atomic E-state index is 10.2. The molecule has 1 atom stereocenters. The number of benzene rings is 1. The van der Waals surface area contributed by atoms with E-state index in [0.717, 1.165) is 11.3 Å². The third kappa shape index (κ3) is 1.85. The van der Waals surface area contributed by atoms with Gasteiger partial charge in [-0.3, -0.25) is 0 Å². The van der Waals surface area contributed by atoms with E-state index in [1.165, 1.54) is 18.4 Å². The van der Waals surface area contributed by atoms with E-state index in [1.807, 2.05) is 30.5 Å². The van der Waals surface area contributed by atoms with Crippen molar-refractivity contribution in [2.45, 2.75) is 24.4 Å². The van der Waals surface area contributed by atoms with Gasteiger partial charge in [0.15, 0.2) is 0 Å². The summed E-state index contributed by atoms with van der Waals surface area (Å²) in [5, 5.41) is 10.2. The van der Waals surface area contributed by atoms with Gasteiger partial charge in [0.05, 0.1) is 0 Å². The molecule has 18 heavy (non-hydrogen) atoms. The van der Waals surface area contributed by atoms with Crippen molar-refractivity contribution in [3.05, 3.63) is 59.4 Å². The number of aromatic nitrogens is 1. The summed E-state index contributed by atoms with van der Waals surface area (Å²) in [4.78, 5) is 3.03. The number of rotatable bonds is 4. The summed E-state index contributed by atoms with van der Waals surface area (Å²) in [6.07, 6.45) is 3.60. The molecule has 1 heterocycles. The summed E-state index contributed by atoms with van der Waals surface area (Å²) in [5.74, 6) is 0. The molecule has 94 valence electrons. The van der Waals surface area contributed by atoms with Crippen molar-refractivity contribution in [1.29, 1.82) is 0 Å². The van der Waals surface area contributed by atoms with Crippen molar-refractivity contribution in [2.24, 2.45) is 5.73 Å². The molecule has 0 bridgehead atoms. The van der Waals surface area contributed by atoms with E-state index in [2.05, 4.69) is 17.1 Å². The molecule has 3 rings (SSSR count). The summed E-state index contributed by atoms with van der Waals surface area (Å²) >= 11 is 0. The van der Waals surface area contributed by atoms with E-state index < -0.39 is 6.10 Å². The van der Waals surface area contributed by atoms with Crippen LogP contribution in [-0.4, -0.2) is 16.6 Å². The zero-order valence-corrected chi connectivity index (χ0v) is 10.3. The van der Waals surface area contributed by atoms with Crippen LogP contribution in [0.1, 0.15) is 35.8 Å². The van der Waals surface area contributed by atoms with Gasteiger partial charge in [-0.2, -0.15) is 0 Å². The van der Waals surface area contributed by atoms with E-state index in [-0.39, 0.29) is 5.41 Å². The molecular formula is C15H18N2O. The monoisotopic (exact) mass is 242 g/mol. The second kappa shape index (κ2) is 4.26. The fourth-order valence-electron chi connectivity index (χ4n) is 2.47. The smallest absolute Gasteiger partial charge is 0.119 e. The van der Waals surface area contributed by atoms with Crippen LogP contribution in [0.2, 0.25) is 0 Å². The number of aliphatic hydroxyl groups excluding tert-OH is 1. The summed E-state index contributed by atoms with van der Waals surface area (Å²) in [6.45, 7) is 0.714. The van der Waals surface area contributed by atoms with Crippen molar-refractivity contribution in [3.8, 4) is 0 Å². The van der Waals surface area contributed by atoms with Crippen LogP contribution in [0.3, 0.4) is 0 Å². The molecule has 4 N–H and O–H groups in total. The van der Waals surface area contributed by atoms with E-state index in [1.54, 1.807) is 0 Å². The van der Waals surface area contributed by atoms with Gasteiger partial charge in [-0.05, 0) is 36.1 Å². The number of aromatic amines is 1. The molecule has 1 fully saturated rings. The average Bonchev–Trinajstić information content (AvgIpc) is 3.04. The minimum Gasteiger partial charge on any atom is -0.382 e. The van der Waals surface area contributed by atoms with Crippen LogP contribution >= 0.6 is 0 Å². The lowest BCUT2D eigenvalue weighted by molar-refractivity contribution is 0.216. The molecule has 1 unspecified atom stereocenters. The third-order valence-corrected chi connectivity index (χ3v) is 4.00. The number of nitrogens with two attached hydrogens (primary N) is 1. The maximum atomic E-state index is 10.2. The highest BCUT2D eigenvalue weighted by atomic mass is 16.3. The van der Waals surface area contributed by atoms with Crippen LogP contribution in [0, 0.1) is 0 Å². The van der Waals surface area contributed by atoms with Gasteiger partial charge in [0, 0.05) is 23.9 Å². The Morgan fingerprint density at radius 2 is 1.94 bits per heavy atom. The fraction of sp³-hybridized carbons (Fsp3) is 0.333. The molecule has 0 radical (unpaired) electrons. The lowest BCUT2D eigenvalue weighted by Crippen LogP contribution is -2.19. The lowest BCUT2D eigenvalue weighted by Gasteiger charge is -2.15. The first-order chi connectivity index (χ1) is 8.75. The third-order valence-electron chi connectivity index (χ3n) is 4.00. The van der Waals surface area contributed by atoms with Gasteiger partial charge in [0.1, 0.15) is 6.10 Å². The minimum absolute atomic E-state index is 0.218. The van der Waals surface area contributed by atoms with Gasteiger partial charge in [-0.1, -0.05) is 24.3 Å². The van der Waals surface area contributed by atoms with Crippen molar-refractivity contribution < 1.29 is 5.11 Å². The average molecular weight is 242 g/mol. The molecule has 3 heteroatoms. The highest BCUT2D eigenvalue weighted by molar-refractivity contribution is 5.36. The molecule has 2 aromatic rings. The Hall–Kier alpha value is -1.58. The lowest BCUT2D eigenvalue weighted by atomic mass is 9.94. The van der Waals surface area contributed by atoms with Crippen molar-refractivity contribution in [2.75, 3.05) is 6.54 Å². The normalized spacial score (nSPS) is 18.6. The summed E-state index contributed by atoms with van der Waals surface area (Å²) < 4.78 is 0. The Bertz CT molecular complexity index is 512. The van der Waals surface area contributed by atoms with Gasteiger partial charge >= 0.3 is 0 Å². The first-order valence-corrected chi connectivity index (χ1v) is 6.37. The van der Waals surface area contributed by atoms with E-state index in [0.29, 0.717) is 6.54 Å². The van der Waals surface area contributed by atoms with Gasteiger partial charge in [-0.25, -0.2) is 0 Å². The van der Waals surface area contributed by atoms with Crippen molar-refractivity contribution in [3.63, 3.8) is 0 Å². The molecule has 1 aliphatic rings. The van der Waals surface area contributed by atoms with Crippen LogP contribution in [0.25, 0.3) is 0 Å². The Labute approximate surface area is 107 Å². The second-order valence-corrected chi connectivity index (χ2v) is 5.13.